The Bertz CT molecular complexity index is 1340. The van der Waals surface area contributed by atoms with Crippen molar-refractivity contribution in [2.45, 2.75) is 20.4 Å². The maximum absolute atomic E-state index is 12.9. The Kier molecular flexibility index (Phi) is 7.58. The van der Waals surface area contributed by atoms with Gasteiger partial charge in [0.1, 0.15) is 5.75 Å². The summed E-state index contributed by atoms with van der Waals surface area (Å²) in [6, 6.07) is 20.0. The van der Waals surface area contributed by atoms with E-state index >= 15 is 0 Å². The average Bonchev–Trinajstić information content (AvgIpc) is 3.08. The number of rotatable bonds is 7. The summed E-state index contributed by atoms with van der Waals surface area (Å²) in [5.41, 5.74) is 4.03. The standard InChI is InChI=1S/C27H23ClN2O4S/c1-17-6-5-7-19(12-17)15-30-26(32)24(35-27(30)33)13-20-8-3-4-9-23(20)34-16-25(31)29-21-11-10-18(2)22(28)14-21/h3-14H,15-16H2,1-2H3,(H,29,31)/b24-13-. The van der Waals surface area contributed by atoms with Crippen LogP contribution in [-0.2, 0) is 16.1 Å². The number of hydrogen-bond donors (Lipinski definition) is 1. The number of halogens is 1. The van der Waals surface area contributed by atoms with Crippen LogP contribution in [0.4, 0.5) is 10.5 Å². The summed E-state index contributed by atoms with van der Waals surface area (Å²) in [7, 11) is 0. The van der Waals surface area contributed by atoms with Gasteiger partial charge in [0, 0.05) is 16.3 Å². The molecule has 3 aromatic rings. The number of hydrogen-bond acceptors (Lipinski definition) is 5. The topological polar surface area (TPSA) is 75.7 Å². The molecule has 1 saturated heterocycles. The average molecular weight is 507 g/mol. The largest absolute Gasteiger partial charge is 0.483 e. The third-order valence-electron chi connectivity index (χ3n) is 5.32. The second-order valence-electron chi connectivity index (χ2n) is 8.10. The summed E-state index contributed by atoms with van der Waals surface area (Å²) in [5.74, 6) is -0.279. The second kappa shape index (κ2) is 10.8. The van der Waals surface area contributed by atoms with E-state index in [1.807, 2.05) is 44.2 Å². The molecule has 1 N–H and O–H groups in total. The number of thioether (sulfide) groups is 1. The van der Waals surface area contributed by atoms with Gasteiger partial charge in [-0.25, -0.2) is 0 Å². The SMILES string of the molecule is Cc1cccc(CN2C(=O)S/C(=C\c3ccccc3OCC(=O)Nc3ccc(C)c(Cl)c3)C2=O)c1. The molecule has 1 fully saturated rings. The fourth-order valence-electron chi connectivity index (χ4n) is 3.51. The molecule has 4 rings (SSSR count). The molecule has 35 heavy (non-hydrogen) atoms. The molecule has 0 saturated carbocycles. The second-order valence-corrected chi connectivity index (χ2v) is 9.50. The van der Waals surface area contributed by atoms with E-state index < -0.39 is 0 Å². The van der Waals surface area contributed by atoms with Gasteiger partial charge in [-0.05, 0) is 61.0 Å². The number of amides is 3. The van der Waals surface area contributed by atoms with Crippen LogP contribution in [-0.4, -0.2) is 28.6 Å². The molecule has 0 spiro atoms. The number of ether oxygens (including phenoxy) is 1. The first kappa shape index (κ1) is 24.6. The summed E-state index contributed by atoms with van der Waals surface area (Å²) in [6.45, 7) is 3.83. The number of nitrogens with zero attached hydrogens (tertiary/aromatic N) is 1. The lowest BCUT2D eigenvalue weighted by atomic mass is 10.1. The number of para-hydroxylation sites is 1. The lowest BCUT2D eigenvalue weighted by Crippen LogP contribution is -2.27. The molecule has 0 bridgehead atoms. The molecule has 8 heteroatoms. The molecule has 178 valence electrons. The van der Waals surface area contributed by atoms with Crippen molar-refractivity contribution < 1.29 is 19.1 Å². The van der Waals surface area contributed by atoms with Crippen molar-refractivity contribution in [3.63, 3.8) is 0 Å². The highest BCUT2D eigenvalue weighted by molar-refractivity contribution is 8.18. The highest BCUT2D eigenvalue weighted by atomic mass is 35.5. The lowest BCUT2D eigenvalue weighted by Gasteiger charge is -2.13. The third-order valence-corrected chi connectivity index (χ3v) is 6.63. The van der Waals surface area contributed by atoms with Crippen molar-refractivity contribution in [1.82, 2.24) is 4.90 Å². The van der Waals surface area contributed by atoms with E-state index in [-0.39, 0.29) is 30.2 Å². The van der Waals surface area contributed by atoms with Crippen LogP contribution in [0.25, 0.3) is 6.08 Å². The van der Waals surface area contributed by atoms with Crippen LogP contribution in [0, 0.1) is 13.8 Å². The molecule has 1 aliphatic rings. The van der Waals surface area contributed by atoms with E-state index in [1.54, 1.807) is 42.5 Å². The van der Waals surface area contributed by atoms with Gasteiger partial charge in [-0.2, -0.15) is 0 Å². The molecule has 6 nitrogen and oxygen atoms in total. The van der Waals surface area contributed by atoms with Gasteiger partial charge in [0.15, 0.2) is 6.61 Å². The third kappa shape index (κ3) is 6.12. The molecule has 0 radical (unpaired) electrons. The van der Waals surface area contributed by atoms with Crippen molar-refractivity contribution in [2.75, 3.05) is 11.9 Å². The molecular weight excluding hydrogens is 484 g/mol. The molecule has 1 aliphatic heterocycles. The van der Waals surface area contributed by atoms with Gasteiger partial charge in [0.25, 0.3) is 17.1 Å². The number of aryl methyl sites for hydroxylation is 2. The van der Waals surface area contributed by atoms with E-state index in [9.17, 15) is 14.4 Å². The smallest absolute Gasteiger partial charge is 0.293 e. The quantitative estimate of drug-likeness (QED) is 0.385. The predicted octanol–water partition coefficient (Wildman–Crippen LogP) is 6.21. The molecule has 1 heterocycles. The van der Waals surface area contributed by atoms with Crippen molar-refractivity contribution in [3.05, 3.63) is 98.9 Å². The van der Waals surface area contributed by atoms with Crippen LogP contribution in [0.2, 0.25) is 5.02 Å². The van der Waals surface area contributed by atoms with Crippen molar-refractivity contribution >= 4 is 52.2 Å². The predicted molar refractivity (Wildman–Crippen MR) is 139 cm³/mol. The number of carbonyl (C=O) groups is 3. The molecule has 0 atom stereocenters. The summed E-state index contributed by atoms with van der Waals surface area (Å²) in [5, 5.41) is 2.98. The maximum atomic E-state index is 12.9. The van der Waals surface area contributed by atoms with Gasteiger partial charge in [0.2, 0.25) is 0 Å². The number of anilines is 1. The Labute approximate surface area is 212 Å². The van der Waals surface area contributed by atoms with Gasteiger partial charge < -0.3 is 10.1 Å². The lowest BCUT2D eigenvalue weighted by molar-refractivity contribution is -0.123. The fourth-order valence-corrected chi connectivity index (χ4v) is 4.52. The number of carbonyl (C=O) groups excluding carboxylic acids is 3. The first-order chi connectivity index (χ1) is 16.8. The van der Waals surface area contributed by atoms with E-state index in [1.165, 1.54) is 4.90 Å². The minimum absolute atomic E-state index is 0.213. The van der Waals surface area contributed by atoms with Gasteiger partial charge >= 0.3 is 0 Å². The Hall–Kier alpha value is -3.55. The number of benzene rings is 3. The van der Waals surface area contributed by atoms with Crippen LogP contribution in [0.5, 0.6) is 5.75 Å². The van der Waals surface area contributed by atoms with E-state index in [2.05, 4.69) is 5.32 Å². The Morgan fingerprint density at radius 3 is 2.63 bits per heavy atom. The summed E-state index contributed by atoms with van der Waals surface area (Å²) < 4.78 is 5.72. The van der Waals surface area contributed by atoms with Crippen molar-refractivity contribution in [1.29, 1.82) is 0 Å². The van der Waals surface area contributed by atoms with E-state index in [0.717, 1.165) is 28.5 Å². The highest BCUT2D eigenvalue weighted by Crippen LogP contribution is 2.35. The molecule has 0 aromatic heterocycles. The van der Waals surface area contributed by atoms with Crippen LogP contribution in [0.15, 0.2) is 71.6 Å². The summed E-state index contributed by atoms with van der Waals surface area (Å²) in [4.78, 5) is 39.4. The Morgan fingerprint density at radius 2 is 1.86 bits per heavy atom. The normalized spacial score (nSPS) is 14.5. The van der Waals surface area contributed by atoms with E-state index in [0.29, 0.717) is 26.9 Å². The van der Waals surface area contributed by atoms with Crippen molar-refractivity contribution in [3.8, 4) is 5.75 Å². The van der Waals surface area contributed by atoms with E-state index in [4.69, 9.17) is 16.3 Å². The van der Waals surface area contributed by atoms with Crippen LogP contribution >= 0.6 is 23.4 Å². The van der Waals surface area contributed by atoms with Crippen molar-refractivity contribution in [2.24, 2.45) is 0 Å². The Balaban J connectivity index is 1.44. The van der Waals surface area contributed by atoms with Crippen LogP contribution in [0.1, 0.15) is 22.3 Å². The molecular formula is C27H23ClN2O4S. The first-order valence-corrected chi connectivity index (χ1v) is 12.1. The van der Waals surface area contributed by atoms with Gasteiger partial charge in [-0.1, -0.05) is 65.7 Å². The van der Waals surface area contributed by atoms with Gasteiger partial charge in [-0.15, -0.1) is 0 Å². The Morgan fingerprint density at radius 1 is 1.06 bits per heavy atom. The number of nitrogens with one attached hydrogen (secondary N) is 1. The monoisotopic (exact) mass is 506 g/mol. The highest BCUT2D eigenvalue weighted by Gasteiger charge is 2.35. The molecule has 0 unspecified atom stereocenters. The van der Waals surface area contributed by atoms with Crippen LogP contribution < -0.4 is 10.1 Å². The zero-order valence-corrected chi connectivity index (χ0v) is 20.8. The fraction of sp³-hybridized carbons (Fsp3) is 0.148. The van der Waals surface area contributed by atoms with Gasteiger partial charge in [0.05, 0.1) is 11.4 Å². The molecule has 3 aromatic carbocycles. The summed E-state index contributed by atoms with van der Waals surface area (Å²) in [6.07, 6.45) is 1.62. The first-order valence-electron chi connectivity index (χ1n) is 10.9. The zero-order valence-electron chi connectivity index (χ0n) is 19.2. The number of imide groups is 1. The minimum atomic E-state index is -0.356. The minimum Gasteiger partial charge on any atom is -0.483 e. The summed E-state index contributed by atoms with van der Waals surface area (Å²) >= 11 is 7.00. The molecule has 3 amide bonds. The maximum Gasteiger partial charge on any atom is 0.293 e. The van der Waals surface area contributed by atoms with Gasteiger partial charge in [-0.3, -0.25) is 19.3 Å². The van der Waals surface area contributed by atoms with Crippen LogP contribution in [0.3, 0.4) is 0 Å². The zero-order chi connectivity index (χ0) is 24.9. The molecule has 0 aliphatic carbocycles.